The second kappa shape index (κ2) is 19.8. The summed E-state index contributed by atoms with van der Waals surface area (Å²) in [6.07, 6.45) is -39.1. The zero-order valence-corrected chi connectivity index (χ0v) is 35.3. The molecule has 0 spiro atoms. The van der Waals surface area contributed by atoms with Crippen molar-refractivity contribution in [3.8, 4) is 0 Å². The molecule has 4 saturated heterocycles. The molecule has 41 heteroatoms. The fourth-order valence-corrected chi connectivity index (χ4v) is 9.21. The molecule has 2 bridgehead atoms. The Hall–Kier alpha value is -2.61. The Morgan fingerprint density at radius 3 is 1.71 bits per heavy atom. The number of nitrogens with one attached hydrogen (secondary N) is 2. The lowest BCUT2D eigenvalue weighted by Crippen LogP contribution is -2.70. The molecule has 0 saturated carbocycles. The fraction of sp³-hybridized carbons (Fsp3) is 0.833. The van der Waals surface area contributed by atoms with Crippen LogP contribution in [0.15, 0.2) is 11.8 Å². The van der Waals surface area contributed by atoms with Gasteiger partial charge < -0.3 is 68.5 Å². The molecule has 0 amide bonds. The summed E-state index contributed by atoms with van der Waals surface area (Å²) in [4.78, 5) is 24.3. The quantitative estimate of drug-likeness (QED) is 0.0534. The van der Waals surface area contributed by atoms with Crippen LogP contribution in [0.4, 0.5) is 0 Å². The lowest BCUT2D eigenvalue weighted by Gasteiger charge is -2.49. The third-order valence-corrected chi connectivity index (χ3v) is 11.7. The normalized spacial score (nSPS) is 39.6. The Labute approximate surface area is 363 Å². The van der Waals surface area contributed by atoms with Crippen LogP contribution in [0.2, 0.25) is 0 Å². The molecule has 0 radical (unpaired) electrons. The first kappa shape index (κ1) is 53.3. The largest absolute Gasteiger partial charge is 0.479 e. The molecule has 13 N–H and O–H groups in total. The lowest BCUT2D eigenvalue weighted by atomic mass is 9.95. The number of rotatable bonds is 19. The molecule has 0 aromatic carbocycles. The van der Waals surface area contributed by atoms with Crippen LogP contribution in [0.5, 0.6) is 0 Å². The number of aliphatic carboxylic acids is 2. The Bertz CT molecular complexity index is 2360. The van der Waals surface area contributed by atoms with Crippen LogP contribution in [0, 0.1) is 0 Å². The van der Waals surface area contributed by atoms with Gasteiger partial charge in [0.05, 0.1) is 13.2 Å². The van der Waals surface area contributed by atoms with E-state index in [4.69, 9.17) is 37.9 Å². The highest BCUT2D eigenvalue weighted by atomic mass is 32.3. The highest BCUT2D eigenvalue weighted by Gasteiger charge is 2.59. The second-order valence-corrected chi connectivity index (χ2v) is 19.3. The maximum atomic E-state index is 12.6. The molecule has 18 atom stereocenters. The predicted molar refractivity (Wildman–Crippen MR) is 186 cm³/mol. The first-order valence-corrected chi connectivity index (χ1v) is 24.1. The van der Waals surface area contributed by atoms with Gasteiger partial charge in [0.15, 0.2) is 37.2 Å². The van der Waals surface area contributed by atoms with Gasteiger partial charge in [-0.15, -0.1) is 0 Å². The van der Waals surface area contributed by atoms with Crippen LogP contribution >= 0.6 is 0 Å². The van der Waals surface area contributed by atoms with Crippen LogP contribution in [0.25, 0.3) is 0 Å². The summed E-state index contributed by atoms with van der Waals surface area (Å²) in [6, 6.07) is -4.62. The topological polar surface area (TPSA) is 553 Å². The van der Waals surface area contributed by atoms with E-state index in [2.05, 4.69) is 12.5 Å². The summed E-state index contributed by atoms with van der Waals surface area (Å²) >= 11 is 0. The van der Waals surface area contributed by atoms with Crippen molar-refractivity contribution in [2.75, 3.05) is 13.2 Å². The van der Waals surface area contributed by atoms with Crippen molar-refractivity contribution in [3.63, 3.8) is 0 Å². The van der Waals surface area contributed by atoms with E-state index in [0.717, 1.165) is 0 Å². The van der Waals surface area contributed by atoms with Crippen molar-refractivity contribution in [2.24, 2.45) is 0 Å². The number of hydrogen-bond acceptors (Lipinski definition) is 27. The third kappa shape index (κ3) is 14.0. The Morgan fingerprint density at radius 1 is 0.631 bits per heavy atom. The smallest absolute Gasteiger partial charge is 0.397 e. The van der Waals surface area contributed by atoms with Crippen molar-refractivity contribution in [3.05, 3.63) is 11.8 Å². The minimum absolute atomic E-state index is 0.309. The van der Waals surface area contributed by atoms with Crippen molar-refractivity contribution in [1.29, 1.82) is 0 Å². The maximum absolute atomic E-state index is 12.6. The number of aliphatic hydroxyl groups is 4. The number of fused-ring (bicyclic) bond motifs is 2. The number of carbonyl (C=O) groups is 2. The van der Waals surface area contributed by atoms with E-state index in [1.165, 1.54) is 4.72 Å². The summed E-state index contributed by atoms with van der Waals surface area (Å²) < 4.78 is 223. The van der Waals surface area contributed by atoms with E-state index in [9.17, 15) is 105 Å². The van der Waals surface area contributed by atoms with Gasteiger partial charge in [-0.1, -0.05) is 0 Å². The lowest BCUT2D eigenvalue weighted by molar-refractivity contribution is -0.357. The van der Waals surface area contributed by atoms with E-state index in [1.54, 1.807) is 4.72 Å². The fourth-order valence-electron chi connectivity index (χ4n) is 6.75. The van der Waals surface area contributed by atoms with E-state index < -0.39 is 193 Å². The van der Waals surface area contributed by atoms with E-state index in [-0.39, 0.29) is 0 Å². The number of ether oxygens (including phenoxy) is 8. The van der Waals surface area contributed by atoms with Crippen LogP contribution in [0.3, 0.4) is 0 Å². The van der Waals surface area contributed by atoms with Crippen LogP contribution in [-0.4, -0.2) is 231 Å². The highest BCUT2D eigenvalue weighted by Crippen LogP contribution is 2.37. The third-order valence-electron chi connectivity index (χ3n) is 9.21. The number of hydrogen-bond donors (Lipinski definition) is 13. The Balaban J connectivity index is 1.52. The zero-order valence-electron chi connectivity index (χ0n) is 31.2. The number of carboxylic acids is 2. The molecule has 1 unspecified atom stereocenters. The molecule has 5 aliphatic heterocycles. The maximum Gasteiger partial charge on any atom is 0.397 e. The average molecular weight is 1060 g/mol. The zero-order chi connectivity index (χ0) is 48.9. The second-order valence-electron chi connectivity index (χ2n) is 13.7. The van der Waals surface area contributed by atoms with Gasteiger partial charge in [-0.3, -0.25) is 22.8 Å². The van der Waals surface area contributed by atoms with Gasteiger partial charge in [-0.2, -0.15) is 51.5 Å². The van der Waals surface area contributed by atoms with Gasteiger partial charge in [0.2, 0.25) is 12.0 Å². The molecule has 5 rings (SSSR count). The summed E-state index contributed by atoms with van der Waals surface area (Å²) in [5, 5.41) is 63.9. The molecule has 4 fully saturated rings. The van der Waals surface area contributed by atoms with Gasteiger partial charge in [0.1, 0.15) is 67.0 Å². The average Bonchev–Trinajstić information content (AvgIpc) is 3.58. The molecule has 36 nitrogen and oxygen atoms in total. The summed E-state index contributed by atoms with van der Waals surface area (Å²) in [6.45, 7) is -2.18. The van der Waals surface area contributed by atoms with Gasteiger partial charge in [0.25, 0.3) is 0 Å². The molecular formula is C24H36N2O34S5. The van der Waals surface area contributed by atoms with Gasteiger partial charge in [0, 0.05) is 0 Å². The van der Waals surface area contributed by atoms with Crippen molar-refractivity contribution < 1.29 is 156 Å². The van der Waals surface area contributed by atoms with Gasteiger partial charge in [-0.25, -0.2) is 22.1 Å². The SMILES string of the molecule is O=C(O)C1=C[C@H](O)[C@@H](OS(=O)(=O)O)[C@H](O[C@H]2[C@H](O)[C@@H](NS(=O)(=O)O)C(O[C@H]3[C@H](O)[C@@H](OS(=O)(=O)O)[C@H](O[C@H]4[C@H](O)[C@H](NS(=O)(=O)O)[C@@H]5OC[C@@H]4O5)O[C@H]3C(=O)O)O[C@@H]2COS(=O)(=O)O)O1. The van der Waals surface area contributed by atoms with E-state index in [1.807, 2.05) is 0 Å². The van der Waals surface area contributed by atoms with Crippen molar-refractivity contribution >= 4 is 63.7 Å². The first-order valence-electron chi connectivity index (χ1n) is 17.1. The monoisotopic (exact) mass is 1060 g/mol. The Kier molecular flexibility index (Phi) is 16.2. The minimum atomic E-state index is -5.82. The van der Waals surface area contributed by atoms with Crippen molar-refractivity contribution in [1.82, 2.24) is 9.44 Å². The summed E-state index contributed by atoms with van der Waals surface area (Å²) in [7, 11) is -27.9. The van der Waals surface area contributed by atoms with Crippen LogP contribution < -0.4 is 9.44 Å². The number of carboxylic acid groups (broad SMARTS) is 2. The van der Waals surface area contributed by atoms with Gasteiger partial charge in [-0.05, 0) is 6.08 Å². The molecule has 0 aliphatic carbocycles. The molecule has 0 aromatic heterocycles. The summed E-state index contributed by atoms with van der Waals surface area (Å²) in [5.41, 5.74) is 0. The summed E-state index contributed by atoms with van der Waals surface area (Å²) in [5.74, 6) is -5.46. The van der Waals surface area contributed by atoms with E-state index in [0.29, 0.717) is 6.08 Å². The van der Waals surface area contributed by atoms with Gasteiger partial charge >= 0.3 is 63.7 Å². The highest BCUT2D eigenvalue weighted by molar-refractivity contribution is 7.84. The molecular weight excluding hydrogens is 1020 g/mol. The van der Waals surface area contributed by atoms with Crippen LogP contribution in [0.1, 0.15) is 0 Å². The van der Waals surface area contributed by atoms with Crippen molar-refractivity contribution in [2.45, 2.75) is 110 Å². The molecule has 5 heterocycles. The Morgan fingerprint density at radius 2 is 1.17 bits per heavy atom. The molecule has 5 aliphatic rings. The predicted octanol–water partition coefficient (Wildman–Crippen LogP) is -9.08. The minimum Gasteiger partial charge on any atom is -0.479 e. The van der Waals surface area contributed by atoms with Crippen LogP contribution in [-0.2, 0) is 112 Å². The molecule has 0 aromatic rings. The first-order chi connectivity index (χ1) is 29.6. The molecule has 65 heavy (non-hydrogen) atoms. The molecule has 376 valence electrons. The van der Waals surface area contributed by atoms with E-state index >= 15 is 0 Å². The number of aliphatic hydroxyl groups excluding tert-OH is 4. The standard InChI is InChI=1S/C24H36N2O34S5/c27-4-1-5(19(31)32)52-23(13(4)59-64(44,45)46)55-15-7(3-51-63(41,42)43)54-22(9(11(15)29)26-62(38,39)40)57-16-12(30)17(60-65(47,48)49)24(58-18(16)20(33)34)56-14-6-2-50-21(53-6)8(10(14)28)25-61(35,36)37/h1,4,6-18,21-30H,2-3H2,(H,31,32)(H,33,34)(H,35,36,37)(H,38,39,40)(H,41,42,43)(H,44,45,46)(H,47,48,49)/t4-,6-,7+,8-,9+,10+,11+,12-,13+,14+,15+,16-,17+,18+,21+,22?,23-,24+/m0/s1.